The minimum atomic E-state index is -1.40. The maximum atomic E-state index is 11.7. The second kappa shape index (κ2) is 5.94. The first-order valence-corrected chi connectivity index (χ1v) is 5.55. The lowest BCUT2D eigenvalue weighted by Crippen LogP contribution is -2.43. The molecule has 1 aromatic rings. The fourth-order valence-corrected chi connectivity index (χ4v) is 1.26. The number of amides is 2. The number of aliphatic carboxylic acids is 1. The Morgan fingerprint density at radius 2 is 2.05 bits per heavy atom. The van der Waals surface area contributed by atoms with E-state index in [9.17, 15) is 14.4 Å². The third-order valence-electron chi connectivity index (χ3n) is 2.26. The molecule has 0 radical (unpaired) electrons. The first-order valence-electron chi connectivity index (χ1n) is 5.55. The van der Waals surface area contributed by atoms with E-state index >= 15 is 0 Å². The molecule has 0 aliphatic carbocycles. The van der Waals surface area contributed by atoms with Gasteiger partial charge in [0.2, 0.25) is 11.7 Å². The van der Waals surface area contributed by atoms with Gasteiger partial charge in [0, 0.05) is 5.92 Å². The highest BCUT2D eigenvalue weighted by Crippen LogP contribution is 2.07. The van der Waals surface area contributed by atoms with Crippen LogP contribution in [0.2, 0.25) is 0 Å². The number of nitrogens with one attached hydrogen (secondary N) is 2. The SMILES string of the molecule is CC(C)c1nc(C(=O)N[C@@H](CC(N)=O)C(=O)O)n[nH]1. The summed E-state index contributed by atoms with van der Waals surface area (Å²) >= 11 is 0. The monoisotopic (exact) mass is 269 g/mol. The van der Waals surface area contributed by atoms with E-state index in [1.54, 1.807) is 0 Å². The average Bonchev–Trinajstić information content (AvgIpc) is 2.76. The lowest BCUT2D eigenvalue weighted by molar-refractivity contribution is -0.140. The van der Waals surface area contributed by atoms with E-state index in [4.69, 9.17) is 10.8 Å². The fourth-order valence-electron chi connectivity index (χ4n) is 1.26. The Hall–Kier alpha value is -2.45. The van der Waals surface area contributed by atoms with Crippen LogP contribution in [0.3, 0.4) is 0 Å². The quantitative estimate of drug-likeness (QED) is 0.519. The first-order chi connectivity index (χ1) is 8.81. The highest BCUT2D eigenvalue weighted by atomic mass is 16.4. The van der Waals surface area contributed by atoms with E-state index in [0.717, 1.165) is 0 Å². The molecular formula is C10H15N5O4. The number of hydrogen-bond donors (Lipinski definition) is 4. The van der Waals surface area contributed by atoms with Crippen molar-refractivity contribution < 1.29 is 19.5 Å². The van der Waals surface area contributed by atoms with E-state index < -0.39 is 30.2 Å². The molecule has 0 fully saturated rings. The van der Waals surface area contributed by atoms with Crippen molar-refractivity contribution >= 4 is 17.8 Å². The molecule has 0 bridgehead atoms. The van der Waals surface area contributed by atoms with Gasteiger partial charge < -0.3 is 16.2 Å². The molecule has 0 aromatic carbocycles. The van der Waals surface area contributed by atoms with Crippen LogP contribution in [0.25, 0.3) is 0 Å². The largest absolute Gasteiger partial charge is 0.480 e. The molecule has 1 atom stereocenters. The first kappa shape index (κ1) is 14.6. The van der Waals surface area contributed by atoms with E-state index in [0.29, 0.717) is 5.82 Å². The number of rotatable bonds is 6. The number of carboxylic acids is 1. The smallest absolute Gasteiger partial charge is 0.326 e. The molecule has 5 N–H and O–H groups in total. The lowest BCUT2D eigenvalue weighted by Gasteiger charge is -2.10. The lowest BCUT2D eigenvalue weighted by atomic mass is 10.2. The van der Waals surface area contributed by atoms with Crippen molar-refractivity contribution in [3.63, 3.8) is 0 Å². The highest BCUT2D eigenvalue weighted by molar-refractivity contribution is 5.94. The number of nitrogens with two attached hydrogens (primary N) is 1. The molecule has 0 spiro atoms. The number of carbonyl (C=O) groups excluding carboxylic acids is 2. The van der Waals surface area contributed by atoms with Gasteiger partial charge in [-0.1, -0.05) is 13.8 Å². The minimum Gasteiger partial charge on any atom is -0.480 e. The van der Waals surface area contributed by atoms with Crippen molar-refractivity contribution in [1.29, 1.82) is 0 Å². The van der Waals surface area contributed by atoms with Gasteiger partial charge in [-0.05, 0) is 0 Å². The van der Waals surface area contributed by atoms with Crippen LogP contribution >= 0.6 is 0 Å². The number of H-pyrrole nitrogens is 1. The molecule has 0 aliphatic heterocycles. The molecule has 1 aromatic heterocycles. The molecule has 2 amide bonds. The number of aromatic amines is 1. The van der Waals surface area contributed by atoms with E-state index in [2.05, 4.69) is 20.5 Å². The zero-order valence-electron chi connectivity index (χ0n) is 10.5. The van der Waals surface area contributed by atoms with Gasteiger partial charge in [0.05, 0.1) is 6.42 Å². The number of carbonyl (C=O) groups is 3. The number of hydrogen-bond acceptors (Lipinski definition) is 5. The highest BCUT2D eigenvalue weighted by Gasteiger charge is 2.24. The summed E-state index contributed by atoms with van der Waals surface area (Å²) in [5.41, 5.74) is 4.90. The van der Waals surface area contributed by atoms with Crippen molar-refractivity contribution in [2.45, 2.75) is 32.2 Å². The van der Waals surface area contributed by atoms with Gasteiger partial charge in [-0.15, -0.1) is 5.10 Å². The van der Waals surface area contributed by atoms with Gasteiger partial charge >= 0.3 is 5.97 Å². The van der Waals surface area contributed by atoms with Crippen LogP contribution in [-0.2, 0) is 9.59 Å². The van der Waals surface area contributed by atoms with Crippen LogP contribution < -0.4 is 11.1 Å². The summed E-state index contributed by atoms with van der Waals surface area (Å²) < 4.78 is 0. The third kappa shape index (κ3) is 4.05. The standard InChI is InChI=1S/C10H15N5O4/c1-4(2)7-13-8(15-14-7)9(17)12-5(10(18)19)3-6(11)16/h4-5H,3H2,1-2H3,(H2,11,16)(H,12,17)(H,18,19)(H,13,14,15)/t5-/m0/s1. The molecule has 0 unspecified atom stereocenters. The van der Waals surface area contributed by atoms with E-state index in [1.165, 1.54) is 0 Å². The molecule has 104 valence electrons. The van der Waals surface area contributed by atoms with Crippen molar-refractivity contribution in [1.82, 2.24) is 20.5 Å². The van der Waals surface area contributed by atoms with Gasteiger partial charge in [-0.3, -0.25) is 14.7 Å². The number of nitrogens with zero attached hydrogens (tertiary/aromatic N) is 2. The molecule has 9 nitrogen and oxygen atoms in total. The summed E-state index contributed by atoms with van der Waals surface area (Å²) in [6.07, 6.45) is -0.497. The summed E-state index contributed by atoms with van der Waals surface area (Å²) in [5.74, 6) is -2.59. The summed E-state index contributed by atoms with van der Waals surface area (Å²) in [6, 6.07) is -1.40. The molecule has 0 saturated carbocycles. The number of carboxylic acid groups (broad SMARTS) is 1. The molecule has 0 aliphatic rings. The number of aromatic nitrogens is 3. The topological polar surface area (TPSA) is 151 Å². The molecule has 19 heavy (non-hydrogen) atoms. The van der Waals surface area contributed by atoms with Crippen molar-refractivity contribution in [3.8, 4) is 0 Å². The molecule has 1 heterocycles. The zero-order valence-corrected chi connectivity index (χ0v) is 10.5. The zero-order chi connectivity index (χ0) is 14.6. The molecule has 9 heteroatoms. The van der Waals surface area contributed by atoms with Gasteiger partial charge in [0.15, 0.2) is 0 Å². The molecule has 1 rings (SSSR count). The van der Waals surface area contributed by atoms with Gasteiger partial charge in [-0.2, -0.15) is 0 Å². The molecule has 0 saturated heterocycles. The van der Waals surface area contributed by atoms with E-state index in [-0.39, 0.29) is 11.7 Å². The minimum absolute atomic E-state index is 0.0509. The normalized spacial score (nSPS) is 12.2. The van der Waals surface area contributed by atoms with Crippen LogP contribution in [0.15, 0.2) is 0 Å². The predicted molar refractivity (Wildman–Crippen MR) is 63.2 cm³/mol. The Morgan fingerprint density at radius 1 is 1.42 bits per heavy atom. The van der Waals surface area contributed by atoms with Crippen molar-refractivity contribution in [3.05, 3.63) is 11.6 Å². The van der Waals surface area contributed by atoms with Crippen LogP contribution in [0, 0.1) is 0 Å². The van der Waals surface area contributed by atoms with Gasteiger partial charge in [0.25, 0.3) is 5.91 Å². The Morgan fingerprint density at radius 3 is 2.47 bits per heavy atom. The molecular weight excluding hydrogens is 254 g/mol. The van der Waals surface area contributed by atoms with Crippen molar-refractivity contribution in [2.24, 2.45) is 5.73 Å². The summed E-state index contributed by atoms with van der Waals surface area (Å²) in [4.78, 5) is 37.2. The van der Waals surface area contributed by atoms with Crippen LogP contribution in [-0.4, -0.2) is 44.1 Å². The third-order valence-corrected chi connectivity index (χ3v) is 2.26. The predicted octanol–water partition coefficient (Wildman–Crippen LogP) is -1.01. The van der Waals surface area contributed by atoms with Gasteiger partial charge in [-0.25, -0.2) is 9.78 Å². The maximum Gasteiger partial charge on any atom is 0.326 e. The van der Waals surface area contributed by atoms with E-state index in [1.807, 2.05) is 13.8 Å². The second-order valence-corrected chi connectivity index (χ2v) is 4.23. The maximum absolute atomic E-state index is 11.7. The van der Waals surface area contributed by atoms with Crippen molar-refractivity contribution in [2.75, 3.05) is 0 Å². The fraction of sp³-hybridized carbons (Fsp3) is 0.500. The van der Waals surface area contributed by atoms with Gasteiger partial charge in [0.1, 0.15) is 11.9 Å². The van der Waals surface area contributed by atoms with Crippen LogP contribution in [0.4, 0.5) is 0 Å². The summed E-state index contributed by atoms with van der Waals surface area (Å²) in [7, 11) is 0. The Labute approximate surface area is 108 Å². The summed E-state index contributed by atoms with van der Waals surface area (Å²) in [6.45, 7) is 3.71. The Kier molecular flexibility index (Phi) is 4.56. The number of primary amides is 1. The van der Waals surface area contributed by atoms with Crippen LogP contribution in [0.5, 0.6) is 0 Å². The average molecular weight is 269 g/mol. The summed E-state index contributed by atoms with van der Waals surface area (Å²) in [5, 5.41) is 17.2. The van der Waals surface area contributed by atoms with Crippen LogP contribution in [0.1, 0.15) is 42.6 Å². The Bertz CT molecular complexity index is 496. The second-order valence-electron chi connectivity index (χ2n) is 4.23. The Balaban J connectivity index is 2.75.